The van der Waals surface area contributed by atoms with Crippen LogP contribution >= 0.6 is 15.9 Å². The van der Waals surface area contributed by atoms with Gasteiger partial charge >= 0.3 is 6.18 Å². The molecule has 2 heterocycles. The van der Waals surface area contributed by atoms with Crippen LogP contribution in [0.3, 0.4) is 0 Å². The Morgan fingerprint density at radius 3 is 2.78 bits per heavy atom. The van der Waals surface area contributed by atoms with Crippen molar-refractivity contribution in [3.63, 3.8) is 0 Å². The van der Waals surface area contributed by atoms with Crippen molar-refractivity contribution >= 4 is 15.9 Å². The SMILES string of the molecule is FC(F)(F)c1cc(Br)cc2c1COC1CNCC21. The molecule has 2 unspecified atom stereocenters. The second kappa shape index (κ2) is 4.21. The molecule has 0 spiro atoms. The molecule has 1 aromatic carbocycles. The van der Waals surface area contributed by atoms with Crippen LogP contribution < -0.4 is 5.32 Å². The molecule has 6 heteroatoms. The van der Waals surface area contributed by atoms with E-state index < -0.39 is 11.7 Å². The van der Waals surface area contributed by atoms with Crippen molar-refractivity contribution in [2.75, 3.05) is 13.1 Å². The average Bonchev–Trinajstić information content (AvgIpc) is 2.74. The van der Waals surface area contributed by atoms with Gasteiger partial charge in [0.05, 0.1) is 18.3 Å². The van der Waals surface area contributed by atoms with Crippen LogP contribution in [-0.2, 0) is 17.5 Å². The number of hydrogen-bond donors (Lipinski definition) is 1. The standard InChI is InChI=1S/C12H11BrF3NO/c13-6-1-7-8-3-17-4-11(8)18-5-9(7)10(2-6)12(14,15)16/h1-2,8,11,17H,3-5H2. The van der Waals surface area contributed by atoms with Crippen LogP contribution in [-0.4, -0.2) is 19.2 Å². The van der Waals surface area contributed by atoms with Gasteiger partial charge in [-0.15, -0.1) is 0 Å². The molecule has 0 radical (unpaired) electrons. The highest BCUT2D eigenvalue weighted by Crippen LogP contribution is 2.42. The third-order valence-electron chi connectivity index (χ3n) is 3.55. The first-order valence-electron chi connectivity index (χ1n) is 5.68. The summed E-state index contributed by atoms with van der Waals surface area (Å²) in [6, 6.07) is 2.92. The molecule has 1 fully saturated rings. The van der Waals surface area contributed by atoms with Crippen molar-refractivity contribution in [2.24, 2.45) is 0 Å². The molecule has 1 saturated heterocycles. The molecular weight excluding hydrogens is 311 g/mol. The third kappa shape index (κ3) is 1.96. The van der Waals surface area contributed by atoms with Crippen LogP contribution in [0.25, 0.3) is 0 Å². The Morgan fingerprint density at radius 2 is 2.06 bits per heavy atom. The number of ether oxygens (including phenoxy) is 1. The van der Waals surface area contributed by atoms with Crippen LogP contribution in [0.4, 0.5) is 13.2 Å². The van der Waals surface area contributed by atoms with E-state index >= 15 is 0 Å². The number of nitrogens with one attached hydrogen (secondary N) is 1. The molecule has 2 nitrogen and oxygen atoms in total. The maximum atomic E-state index is 13.0. The van der Waals surface area contributed by atoms with Gasteiger partial charge in [0.1, 0.15) is 0 Å². The first-order chi connectivity index (χ1) is 8.47. The minimum atomic E-state index is -4.34. The summed E-state index contributed by atoms with van der Waals surface area (Å²) in [6.07, 6.45) is -4.34. The van der Waals surface area contributed by atoms with Crippen molar-refractivity contribution in [1.29, 1.82) is 0 Å². The Bertz CT molecular complexity index is 489. The van der Waals surface area contributed by atoms with Gasteiger partial charge in [0.15, 0.2) is 0 Å². The zero-order valence-corrected chi connectivity index (χ0v) is 10.9. The van der Waals surface area contributed by atoms with Crippen molar-refractivity contribution < 1.29 is 17.9 Å². The summed E-state index contributed by atoms with van der Waals surface area (Å²) in [5.74, 6) is 0.0207. The summed E-state index contributed by atoms with van der Waals surface area (Å²) < 4.78 is 45.0. The molecule has 0 bridgehead atoms. The highest BCUT2D eigenvalue weighted by Gasteiger charge is 2.41. The van der Waals surface area contributed by atoms with E-state index in [1.807, 2.05) is 0 Å². The van der Waals surface area contributed by atoms with Crippen molar-refractivity contribution in [3.8, 4) is 0 Å². The summed E-state index contributed by atoms with van der Waals surface area (Å²) in [7, 11) is 0. The molecule has 0 saturated carbocycles. The molecule has 3 rings (SSSR count). The quantitative estimate of drug-likeness (QED) is 0.793. The van der Waals surface area contributed by atoms with Gasteiger partial charge < -0.3 is 10.1 Å². The van der Waals surface area contributed by atoms with E-state index in [4.69, 9.17) is 4.74 Å². The third-order valence-corrected chi connectivity index (χ3v) is 4.01. The Hall–Kier alpha value is -0.590. The van der Waals surface area contributed by atoms with E-state index in [2.05, 4.69) is 21.2 Å². The van der Waals surface area contributed by atoms with Crippen molar-refractivity contribution in [2.45, 2.75) is 24.8 Å². The van der Waals surface area contributed by atoms with Gasteiger partial charge in [-0.3, -0.25) is 0 Å². The fourth-order valence-corrected chi connectivity index (χ4v) is 3.21. The molecule has 0 amide bonds. The van der Waals surface area contributed by atoms with Crippen LogP contribution in [0.2, 0.25) is 0 Å². The maximum Gasteiger partial charge on any atom is 0.416 e. The monoisotopic (exact) mass is 321 g/mol. The van der Waals surface area contributed by atoms with E-state index in [-0.39, 0.29) is 24.2 Å². The van der Waals surface area contributed by atoms with Crippen LogP contribution in [0.15, 0.2) is 16.6 Å². The lowest BCUT2D eigenvalue weighted by Gasteiger charge is -2.30. The zero-order valence-electron chi connectivity index (χ0n) is 9.35. The molecular formula is C12H11BrF3NO. The summed E-state index contributed by atoms with van der Waals surface area (Å²) in [5, 5.41) is 3.16. The summed E-state index contributed by atoms with van der Waals surface area (Å²) in [5.41, 5.74) is 0.464. The molecule has 18 heavy (non-hydrogen) atoms. The molecule has 2 aliphatic rings. The Labute approximate surface area is 111 Å². The molecule has 0 aliphatic carbocycles. The Morgan fingerprint density at radius 1 is 1.28 bits per heavy atom. The second-order valence-electron chi connectivity index (χ2n) is 4.63. The number of alkyl halides is 3. The Balaban J connectivity index is 2.15. The number of benzene rings is 1. The van der Waals surface area contributed by atoms with Gasteiger partial charge in [-0.25, -0.2) is 0 Å². The minimum Gasteiger partial charge on any atom is -0.372 e. The van der Waals surface area contributed by atoms with Gasteiger partial charge in [-0.2, -0.15) is 13.2 Å². The lowest BCUT2D eigenvalue weighted by molar-refractivity contribution is -0.139. The molecule has 2 aliphatic heterocycles. The fraction of sp³-hybridized carbons (Fsp3) is 0.500. The predicted octanol–water partition coefficient (Wildman–Crippen LogP) is 3.05. The smallest absolute Gasteiger partial charge is 0.372 e. The topological polar surface area (TPSA) is 21.3 Å². The van der Waals surface area contributed by atoms with Crippen LogP contribution in [0, 0.1) is 0 Å². The van der Waals surface area contributed by atoms with E-state index in [9.17, 15) is 13.2 Å². The second-order valence-corrected chi connectivity index (χ2v) is 5.55. The molecule has 98 valence electrons. The fourth-order valence-electron chi connectivity index (χ4n) is 2.73. The highest BCUT2D eigenvalue weighted by molar-refractivity contribution is 9.10. The minimum absolute atomic E-state index is 0.00659. The molecule has 2 atom stereocenters. The summed E-state index contributed by atoms with van der Waals surface area (Å²) >= 11 is 3.17. The zero-order chi connectivity index (χ0) is 12.9. The summed E-state index contributed by atoms with van der Waals surface area (Å²) in [6.45, 7) is 1.42. The first-order valence-corrected chi connectivity index (χ1v) is 6.48. The largest absolute Gasteiger partial charge is 0.416 e. The van der Waals surface area contributed by atoms with Gasteiger partial charge in [-0.05, 0) is 23.3 Å². The average molecular weight is 322 g/mol. The highest BCUT2D eigenvalue weighted by atomic mass is 79.9. The van der Waals surface area contributed by atoms with Gasteiger partial charge in [0.2, 0.25) is 0 Å². The lowest BCUT2D eigenvalue weighted by atomic mass is 9.87. The summed E-state index contributed by atoms with van der Waals surface area (Å²) in [4.78, 5) is 0. The lowest BCUT2D eigenvalue weighted by Crippen LogP contribution is -2.28. The van der Waals surface area contributed by atoms with E-state index in [1.54, 1.807) is 6.07 Å². The van der Waals surface area contributed by atoms with Gasteiger partial charge in [0, 0.05) is 23.5 Å². The molecule has 1 aromatic rings. The number of fused-ring (bicyclic) bond motifs is 3. The molecule has 0 aromatic heterocycles. The predicted molar refractivity (Wildman–Crippen MR) is 63.3 cm³/mol. The number of hydrogen-bond acceptors (Lipinski definition) is 2. The van der Waals surface area contributed by atoms with Crippen molar-refractivity contribution in [1.82, 2.24) is 5.32 Å². The Kier molecular flexibility index (Phi) is 2.91. The molecule has 1 N–H and O–H groups in total. The number of rotatable bonds is 0. The normalized spacial score (nSPS) is 26.9. The van der Waals surface area contributed by atoms with Gasteiger partial charge in [-0.1, -0.05) is 15.9 Å². The first kappa shape index (κ1) is 12.4. The van der Waals surface area contributed by atoms with Gasteiger partial charge in [0.25, 0.3) is 0 Å². The van der Waals surface area contributed by atoms with E-state index in [0.717, 1.165) is 11.6 Å². The van der Waals surface area contributed by atoms with Crippen molar-refractivity contribution in [3.05, 3.63) is 33.3 Å². The van der Waals surface area contributed by atoms with Crippen LogP contribution in [0.1, 0.15) is 22.6 Å². The van der Waals surface area contributed by atoms with E-state index in [0.29, 0.717) is 17.6 Å². The maximum absolute atomic E-state index is 13.0. The van der Waals surface area contributed by atoms with Crippen LogP contribution in [0.5, 0.6) is 0 Å². The number of halogens is 4. The van der Waals surface area contributed by atoms with E-state index in [1.165, 1.54) is 0 Å².